The van der Waals surface area contributed by atoms with Crippen molar-refractivity contribution >= 4 is 38.8 Å². The number of halogens is 2. The van der Waals surface area contributed by atoms with Crippen LogP contribution in [-0.4, -0.2) is 54.6 Å². The van der Waals surface area contributed by atoms with Crippen molar-refractivity contribution in [2.75, 3.05) is 43.4 Å². The molecule has 5 rings (SSSR count). The fourth-order valence-corrected chi connectivity index (χ4v) is 5.80. The van der Waals surface area contributed by atoms with Gasteiger partial charge in [-0.2, -0.15) is 0 Å². The minimum atomic E-state index is -0.451. The number of piperazine rings is 1. The summed E-state index contributed by atoms with van der Waals surface area (Å²) in [5, 5.41) is 3.52. The number of aryl methyl sites for hydroxylation is 1. The van der Waals surface area contributed by atoms with E-state index in [-0.39, 0.29) is 24.4 Å². The normalized spacial score (nSPS) is 17.2. The zero-order valence-corrected chi connectivity index (χ0v) is 20.1. The van der Waals surface area contributed by atoms with Crippen LogP contribution in [0.5, 0.6) is 0 Å². The molecule has 2 fully saturated rings. The average Bonchev–Trinajstić information content (AvgIpc) is 3.11. The van der Waals surface area contributed by atoms with Gasteiger partial charge in [-0.05, 0) is 49.9 Å². The first kappa shape index (κ1) is 23.0. The molecule has 34 heavy (non-hydrogen) atoms. The molecule has 1 aliphatic carbocycles. The Hall–Kier alpha value is -2.78. The second-order valence-corrected chi connectivity index (χ2v) is 10.2. The number of anilines is 2. The zero-order valence-electron chi connectivity index (χ0n) is 19.2. The van der Waals surface area contributed by atoms with Crippen LogP contribution in [0.4, 0.5) is 20.2 Å². The van der Waals surface area contributed by atoms with Crippen molar-refractivity contribution in [2.24, 2.45) is 0 Å². The highest BCUT2D eigenvalue weighted by molar-refractivity contribution is 7.21. The molecular formula is C25H29F2N5OS. The number of aromatic nitrogens is 1. The molecule has 3 aromatic rings. The molecule has 0 atom stereocenters. The molecule has 1 amide bonds. The molecule has 2 aliphatic rings. The van der Waals surface area contributed by atoms with Crippen LogP contribution in [0.3, 0.4) is 0 Å². The minimum Gasteiger partial charge on any atom is -0.397 e. The van der Waals surface area contributed by atoms with Crippen molar-refractivity contribution in [3.8, 4) is 0 Å². The van der Waals surface area contributed by atoms with E-state index in [9.17, 15) is 13.6 Å². The Labute approximate surface area is 201 Å². The number of thiophene rings is 1. The zero-order chi connectivity index (χ0) is 23.8. The van der Waals surface area contributed by atoms with Crippen molar-refractivity contribution in [1.29, 1.82) is 0 Å². The van der Waals surface area contributed by atoms with E-state index >= 15 is 0 Å². The molecule has 1 saturated heterocycles. The summed E-state index contributed by atoms with van der Waals surface area (Å²) in [5.74, 6) is -1.21. The Balaban J connectivity index is 1.19. The fourth-order valence-electron chi connectivity index (χ4n) is 4.74. The van der Waals surface area contributed by atoms with Gasteiger partial charge in [0.2, 0.25) is 0 Å². The van der Waals surface area contributed by atoms with Gasteiger partial charge in [-0.15, -0.1) is 11.3 Å². The van der Waals surface area contributed by atoms with Gasteiger partial charge in [0.1, 0.15) is 21.3 Å². The van der Waals surface area contributed by atoms with Gasteiger partial charge in [-0.3, -0.25) is 9.69 Å². The van der Waals surface area contributed by atoms with E-state index in [2.05, 4.69) is 15.2 Å². The monoisotopic (exact) mass is 485 g/mol. The van der Waals surface area contributed by atoms with E-state index in [0.717, 1.165) is 24.2 Å². The second kappa shape index (κ2) is 9.46. The van der Waals surface area contributed by atoms with Gasteiger partial charge in [0, 0.05) is 55.9 Å². The van der Waals surface area contributed by atoms with Gasteiger partial charge < -0.3 is 16.0 Å². The van der Waals surface area contributed by atoms with Crippen LogP contribution in [0.25, 0.3) is 10.2 Å². The Bertz CT molecular complexity index is 1220. The molecule has 2 aromatic heterocycles. The summed E-state index contributed by atoms with van der Waals surface area (Å²) in [4.78, 5) is 22.5. The van der Waals surface area contributed by atoms with E-state index in [0.29, 0.717) is 40.2 Å². The van der Waals surface area contributed by atoms with Gasteiger partial charge >= 0.3 is 0 Å². The summed E-state index contributed by atoms with van der Waals surface area (Å²) < 4.78 is 29.7. The minimum absolute atomic E-state index is 0.175. The predicted molar refractivity (Wildman–Crippen MR) is 133 cm³/mol. The van der Waals surface area contributed by atoms with E-state index in [4.69, 9.17) is 5.73 Å². The number of nitrogens with zero attached hydrogens (tertiary/aromatic N) is 3. The lowest BCUT2D eigenvalue weighted by atomic mass is 9.91. The SMILES string of the molecule is Cc1ccc2c(N)c(C(=O)NCCc3cc(F)c(N4CCN(C5CCC5)CC4)cc3F)sc2n1. The predicted octanol–water partition coefficient (Wildman–Crippen LogP) is 4.11. The van der Waals surface area contributed by atoms with Crippen LogP contribution in [0.1, 0.15) is 40.2 Å². The number of amides is 1. The number of hydrogen-bond acceptors (Lipinski definition) is 6. The third-order valence-corrected chi connectivity index (χ3v) is 8.10. The highest BCUT2D eigenvalue weighted by Gasteiger charge is 2.29. The van der Waals surface area contributed by atoms with Gasteiger partial charge in [0.25, 0.3) is 5.91 Å². The maximum absolute atomic E-state index is 14.9. The van der Waals surface area contributed by atoms with Crippen LogP contribution in [0, 0.1) is 18.6 Å². The molecule has 0 spiro atoms. The summed E-state index contributed by atoms with van der Waals surface area (Å²) in [6.45, 7) is 5.23. The van der Waals surface area contributed by atoms with Gasteiger partial charge in [0.15, 0.2) is 0 Å². The summed E-state index contributed by atoms with van der Waals surface area (Å²) >= 11 is 1.23. The number of hydrogen-bond donors (Lipinski definition) is 2. The van der Waals surface area contributed by atoms with Crippen LogP contribution >= 0.6 is 11.3 Å². The Morgan fingerprint density at radius 3 is 2.65 bits per heavy atom. The van der Waals surface area contributed by atoms with Gasteiger partial charge in [0.05, 0.1) is 11.4 Å². The number of nitrogens with two attached hydrogens (primary N) is 1. The van der Waals surface area contributed by atoms with Crippen LogP contribution < -0.4 is 16.0 Å². The molecule has 0 bridgehead atoms. The summed E-state index contributed by atoms with van der Waals surface area (Å²) in [6, 6.07) is 6.93. The topological polar surface area (TPSA) is 74.5 Å². The molecule has 1 aromatic carbocycles. The quantitative estimate of drug-likeness (QED) is 0.550. The molecule has 9 heteroatoms. The molecule has 0 radical (unpaired) electrons. The smallest absolute Gasteiger partial charge is 0.263 e. The summed E-state index contributed by atoms with van der Waals surface area (Å²) in [6.07, 6.45) is 3.98. The number of pyridine rings is 1. The second-order valence-electron chi connectivity index (χ2n) is 9.16. The Morgan fingerprint density at radius 2 is 1.94 bits per heavy atom. The number of carbonyl (C=O) groups excluding carboxylic acids is 1. The number of fused-ring (bicyclic) bond motifs is 1. The van der Waals surface area contributed by atoms with Crippen molar-refractivity contribution < 1.29 is 13.6 Å². The number of rotatable bonds is 6. The number of nitrogen functional groups attached to an aromatic ring is 1. The van der Waals surface area contributed by atoms with Crippen LogP contribution in [0.15, 0.2) is 24.3 Å². The third kappa shape index (κ3) is 4.46. The number of carbonyl (C=O) groups is 1. The van der Waals surface area contributed by atoms with E-state index < -0.39 is 11.6 Å². The van der Waals surface area contributed by atoms with E-state index in [1.54, 1.807) is 0 Å². The lowest BCUT2D eigenvalue weighted by Gasteiger charge is -2.43. The largest absolute Gasteiger partial charge is 0.397 e. The lowest BCUT2D eigenvalue weighted by Crippen LogP contribution is -2.52. The maximum Gasteiger partial charge on any atom is 0.263 e. The summed E-state index contributed by atoms with van der Waals surface area (Å²) in [7, 11) is 0. The first-order valence-corrected chi connectivity index (χ1v) is 12.6. The van der Waals surface area contributed by atoms with Gasteiger partial charge in [-0.1, -0.05) is 6.42 Å². The van der Waals surface area contributed by atoms with Crippen LogP contribution in [0.2, 0.25) is 0 Å². The highest BCUT2D eigenvalue weighted by Crippen LogP contribution is 2.32. The fraction of sp³-hybridized carbons (Fsp3) is 0.440. The molecule has 3 N–H and O–H groups in total. The molecule has 6 nitrogen and oxygen atoms in total. The molecule has 180 valence electrons. The van der Waals surface area contributed by atoms with E-state index in [1.807, 2.05) is 24.0 Å². The van der Waals surface area contributed by atoms with Crippen molar-refractivity contribution in [1.82, 2.24) is 15.2 Å². The van der Waals surface area contributed by atoms with Crippen LogP contribution in [-0.2, 0) is 6.42 Å². The van der Waals surface area contributed by atoms with Crippen molar-refractivity contribution in [3.63, 3.8) is 0 Å². The first-order valence-electron chi connectivity index (χ1n) is 11.8. The highest BCUT2D eigenvalue weighted by atomic mass is 32.1. The molecule has 0 unspecified atom stereocenters. The molecule has 1 saturated carbocycles. The molecule has 1 aliphatic heterocycles. The van der Waals surface area contributed by atoms with E-state index in [1.165, 1.54) is 42.7 Å². The molecular weight excluding hydrogens is 456 g/mol. The maximum atomic E-state index is 14.9. The Kier molecular flexibility index (Phi) is 6.40. The third-order valence-electron chi connectivity index (χ3n) is 6.98. The standard InChI is InChI=1S/C25H29F2N5OS/c1-15-5-6-18-22(28)23(34-25(18)30-15)24(33)29-8-7-16-13-20(27)21(14-19(16)26)32-11-9-31(10-12-32)17-3-2-4-17/h5-6,13-14,17H,2-4,7-12,28H2,1H3,(H,29,33). The van der Waals surface area contributed by atoms with Crippen molar-refractivity contribution in [2.45, 2.75) is 38.6 Å². The average molecular weight is 486 g/mol. The molecule has 3 heterocycles. The Morgan fingerprint density at radius 1 is 1.18 bits per heavy atom. The van der Waals surface area contributed by atoms with Crippen molar-refractivity contribution in [3.05, 3.63) is 52.0 Å². The number of nitrogens with one attached hydrogen (secondary N) is 1. The number of benzene rings is 1. The van der Waals surface area contributed by atoms with Gasteiger partial charge in [-0.25, -0.2) is 13.8 Å². The lowest BCUT2D eigenvalue weighted by molar-refractivity contribution is 0.0959. The first-order chi connectivity index (χ1) is 16.4. The summed E-state index contributed by atoms with van der Waals surface area (Å²) in [5.41, 5.74) is 7.94.